The Morgan fingerprint density at radius 2 is 2.25 bits per heavy atom. The van der Waals surface area contributed by atoms with Crippen LogP contribution in [0.1, 0.15) is 11.1 Å². The van der Waals surface area contributed by atoms with Crippen molar-refractivity contribution in [1.82, 2.24) is 5.32 Å². The molecule has 86 valence electrons. The van der Waals surface area contributed by atoms with E-state index in [0.29, 0.717) is 5.56 Å². The summed E-state index contributed by atoms with van der Waals surface area (Å²) in [5, 5.41) is 29.0. The van der Waals surface area contributed by atoms with E-state index in [1.807, 2.05) is 0 Å². The van der Waals surface area contributed by atoms with Gasteiger partial charge >= 0.3 is 0 Å². The Morgan fingerprint density at radius 3 is 2.88 bits per heavy atom. The summed E-state index contributed by atoms with van der Waals surface area (Å²) in [6, 6.07) is 6.32. The van der Waals surface area contributed by atoms with Gasteiger partial charge in [-0.1, -0.05) is 12.1 Å². The average molecular weight is 224 g/mol. The lowest BCUT2D eigenvalue weighted by Crippen LogP contribution is -2.29. The molecule has 1 aromatic rings. The van der Waals surface area contributed by atoms with Gasteiger partial charge in [0.25, 0.3) is 0 Å². The molecular formula is C11H13FN2O2. The number of aliphatic hydroxyl groups excluding tert-OH is 2. The van der Waals surface area contributed by atoms with Gasteiger partial charge in [-0.05, 0) is 6.07 Å². The lowest BCUT2D eigenvalue weighted by atomic mass is 10.1. The van der Waals surface area contributed by atoms with E-state index in [9.17, 15) is 4.39 Å². The van der Waals surface area contributed by atoms with Gasteiger partial charge in [0.2, 0.25) is 0 Å². The van der Waals surface area contributed by atoms with E-state index < -0.39 is 11.9 Å². The molecule has 0 aromatic heterocycles. The van der Waals surface area contributed by atoms with Crippen LogP contribution in [-0.2, 0) is 6.54 Å². The maximum absolute atomic E-state index is 13.5. The third-order valence-electron chi connectivity index (χ3n) is 2.11. The van der Waals surface area contributed by atoms with Crippen LogP contribution >= 0.6 is 0 Å². The van der Waals surface area contributed by atoms with Gasteiger partial charge in [0, 0.05) is 18.7 Å². The number of halogens is 1. The highest BCUT2D eigenvalue weighted by molar-refractivity contribution is 5.34. The summed E-state index contributed by atoms with van der Waals surface area (Å²) in [4.78, 5) is 0. The van der Waals surface area contributed by atoms with Gasteiger partial charge in [-0.3, -0.25) is 0 Å². The molecule has 0 aliphatic carbocycles. The van der Waals surface area contributed by atoms with Gasteiger partial charge in [0.05, 0.1) is 18.3 Å². The molecule has 5 heteroatoms. The minimum atomic E-state index is -0.859. The zero-order valence-corrected chi connectivity index (χ0v) is 8.65. The number of hydrogen-bond acceptors (Lipinski definition) is 4. The highest BCUT2D eigenvalue weighted by atomic mass is 19.1. The van der Waals surface area contributed by atoms with Crippen LogP contribution in [0.15, 0.2) is 18.2 Å². The summed E-state index contributed by atoms with van der Waals surface area (Å²) in [5.41, 5.74) is 0.367. The molecule has 1 unspecified atom stereocenters. The number of hydrogen-bond donors (Lipinski definition) is 3. The summed E-state index contributed by atoms with van der Waals surface area (Å²) < 4.78 is 13.5. The van der Waals surface area contributed by atoms with Crippen molar-refractivity contribution in [2.45, 2.75) is 12.6 Å². The van der Waals surface area contributed by atoms with Crippen molar-refractivity contribution < 1.29 is 14.6 Å². The van der Waals surface area contributed by atoms with E-state index in [0.717, 1.165) is 0 Å². The summed E-state index contributed by atoms with van der Waals surface area (Å²) in [6.45, 7) is 0.0405. The molecular weight excluding hydrogens is 211 g/mol. The molecule has 1 aromatic carbocycles. The molecule has 3 N–H and O–H groups in total. The minimum Gasteiger partial charge on any atom is -0.394 e. The second kappa shape index (κ2) is 6.18. The van der Waals surface area contributed by atoms with Crippen LogP contribution in [0.5, 0.6) is 0 Å². The fourth-order valence-corrected chi connectivity index (χ4v) is 1.24. The van der Waals surface area contributed by atoms with Crippen molar-refractivity contribution in [1.29, 1.82) is 5.26 Å². The van der Waals surface area contributed by atoms with Crippen molar-refractivity contribution in [2.75, 3.05) is 13.2 Å². The number of rotatable bonds is 5. The maximum Gasteiger partial charge on any atom is 0.145 e. The molecule has 4 nitrogen and oxygen atoms in total. The second-order valence-corrected chi connectivity index (χ2v) is 3.36. The van der Waals surface area contributed by atoms with Crippen molar-refractivity contribution in [3.8, 4) is 6.07 Å². The normalized spacial score (nSPS) is 12.1. The first-order valence-electron chi connectivity index (χ1n) is 4.86. The fourth-order valence-electron chi connectivity index (χ4n) is 1.24. The van der Waals surface area contributed by atoms with E-state index in [2.05, 4.69) is 5.32 Å². The van der Waals surface area contributed by atoms with Gasteiger partial charge in [0.15, 0.2) is 0 Å². The average Bonchev–Trinajstić information content (AvgIpc) is 2.31. The van der Waals surface area contributed by atoms with Gasteiger partial charge in [-0.25, -0.2) is 4.39 Å². The van der Waals surface area contributed by atoms with Crippen LogP contribution in [0.3, 0.4) is 0 Å². The molecule has 0 heterocycles. The monoisotopic (exact) mass is 224 g/mol. The van der Waals surface area contributed by atoms with E-state index >= 15 is 0 Å². The Morgan fingerprint density at radius 1 is 1.50 bits per heavy atom. The zero-order chi connectivity index (χ0) is 12.0. The van der Waals surface area contributed by atoms with Crippen molar-refractivity contribution >= 4 is 0 Å². The highest BCUT2D eigenvalue weighted by Crippen LogP contribution is 2.11. The standard InChI is InChI=1S/C11H13FN2O2/c12-11-8(4-13)2-1-3-9(11)5-14-6-10(16)7-15/h1-3,10,14-16H,5-7H2. The zero-order valence-electron chi connectivity index (χ0n) is 8.65. The van der Waals surface area contributed by atoms with E-state index in [-0.39, 0.29) is 25.3 Å². The Kier molecular flexibility index (Phi) is 4.86. The lowest BCUT2D eigenvalue weighted by Gasteiger charge is -2.09. The van der Waals surface area contributed by atoms with Crippen LogP contribution in [0.2, 0.25) is 0 Å². The predicted octanol–water partition coefficient (Wildman–Crippen LogP) is 0.140. The van der Waals surface area contributed by atoms with Gasteiger partial charge in [-0.2, -0.15) is 5.26 Å². The highest BCUT2D eigenvalue weighted by Gasteiger charge is 2.07. The van der Waals surface area contributed by atoms with Gasteiger partial charge in [-0.15, -0.1) is 0 Å². The van der Waals surface area contributed by atoms with Crippen molar-refractivity contribution in [3.63, 3.8) is 0 Å². The third kappa shape index (κ3) is 3.28. The summed E-state index contributed by atoms with van der Waals surface area (Å²) in [6.07, 6.45) is -0.859. The molecule has 0 spiro atoms. The number of aliphatic hydroxyl groups is 2. The third-order valence-corrected chi connectivity index (χ3v) is 2.11. The number of nitrogens with zero attached hydrogens (tertiary/aromatic N) is 1. The van der Waals surface area contributed by atoms with Crippen LogP contribution < -0.4 is 5.32 Å². The molecule has 0 bridgehead atoms. The Hall–Kier alpha value is -1.48. The summed E-state index contributed by atoms with van der Waals surface area (Å²) in [5.74, 6) is -0.545. The summed E-state index contributed by atoms with van der Waals surface area (Å²) in [7, 11) is 0. The molecule has 1 rings (SSSR count). The SMILES string of the molecule is N#Cc1cccc(CNCC(O)CO)c1F. The predicted molar refractivity (Wildman–Crippen MR) is 55.9 cm³/mol. The quantitative estimate of drug-likeness (QED) is 0.665. The van der Waals surface area contributed by atoms with Crippen LogP contribution in [0, 0.1) is 17.1 Å². The minimum absolute atomic E-state index is 0.00186. The largest absolute Gasteiger partial charge is 0.394 e. The molecule has 0 radical (unpaired) electrons. The second-order valence-electron chi connectivity index (χ2n) is 3.36. The molecule has 0 saturated heterocycles. The van der Waals surface area contributed by atoms with Crippen LogP contribution in [-0.4, -0.2) is 29.5 Å². The molecule has 1 atom stereocenters. The van der Waals surface area contributed by atoms with Crippen molar-refractivity contribution in [3.05, 3.63) is 35.1 Å². The van der Waals surface area contributed by atoms with Gasteiger partial charge in [0.1, 0.15) is 11.9 Å². The number of benzene rings is 1. The number of nitrogens with one attached hydrogen (secondary N) is 1. The molecule has 0 saturated carbocycles. The molecule has 0 amide bonds. The Labute approximate surface area is 93.0 Å². The van der Waals surface area contributed by atoms with Crippen LogP contribution in [0.4, 0.5) is 4.39 Å². The first-order chi connectivity index (χ1) is 7.69. The molecule has 0 fully saturated rings. The topological polar surface area (TPSA) is 76.3 Å². The van der Waals surface area contributed by atoms with Crippen LogP contribution in [0.25, 0.3) is 0 Å². The summed E-state index contributed by atoms with van der Waals surface area (Å²) >= 11 is 0. The Balaban J connectivity index is 2.58. The van der Waals surface area contributed by atoms with E-state index in [1.54, 1.807) is 18.2 Å². The molecule has 0 aliphatic heterocycles. The lowest BCUT2D eigenvalue weighted by molar-refractivity contribution is 0.0941. The maximum atomic E-state index is 13.5. The first-order valence-corrected chi connectivity index (χ1v) is 4.86. The fraction of sp³-hybridized carbons (Fsp3) is 0.364. The molecule has 0 aliphatic rings. The van der Waals surface area contributed by atoms with E-state index in [4.69, 9.17) is 15.5 Å². The first kappa shape index (κ1) is 12.6. The van der Waals surface area contributed by atoms with Gasteiger partial charge < -0.3 is 15.5 Å². The number of nitriles is 1. The van der Waals surface area contributed by atoms with E-state index in [1.165, 1.54) is 6.07 Å². The smallest absolute Gasteiger partial charge is 0.145 e. The molecule has 16 heavy (non-hydrogen) atoms. The van der Waals surface area contributed by atoms with Crippen molar-refractivity contribution in [2.24, 2.45) is 0 Å². The Bertz CT molecular complexity index is 390.